The molecule has 0 fully saturated rings. The van der Waals surface area contributed by atoms with Crippen LogP contribution in [0, 0.1) is 5.82 Å². The van der Waals surface area contributed by atoms with Gasteiger partial charge in [0.2, 0.25) is 5.91 Å². The molecule has 0 aliphatic carbocycles. The summed E-state index contributed by atoms with van der Waals surface area (Å²) in [6, 6.07) is 13.4. The molecule has 0 aliphatic rings. The lowest BCUT2D eigenvalue weighted by Crippen LogP contribution is -2.32. The number of hydrogen-bond donors (Lipinski definition) is 2. The number of anilines is 1. The highest BCUT2D eigenvalue weighted by Gasteiger charge is 2.14. The van der Waals surface area contributed by atoms with Crippen LogP contribution in [-0.2, 0) is 4.79 Å². The summed E-state index contributed by atoms with van der Waals surface area (Å²) < 4.78 is 18.7. The molecular weight excluding hydrogens is 375 g/mol. The molecule has 1 aromatic heterocycles. The first-order valence-corrected chi connectivity index (χ1v) is 8.81. The van der Waals surface area contributed by atoms with Crippen LogP contribution in [0.5, 0.6) is 11.5 Å². The number of carbonyl (C=O) groups is 2. The number of hydrogen-bond acceptors (Lipinski definition) is 6. The number of ether oxygens (including phenoxy) is 1. The quantitative estimate of drug-likeness (QED) is 0.593. The molecule has 1 heterocycles. The van der Waals surface area contributed by atoms with Crippen molar-refractivity contribution in [2.45, 2.75) is 19.9 Å². The third-order valence-electron chi connectivity index (χ3n) is 4.04. The molecule has 1 atom stereocenters. The average Bonchev–Trinajstić information content (AvgIpc) is 2.70. The average molecular weight is 394 g/mol. The zero-order chi connectivity index (χ0) is 21.0. The first-order valence-electron chi connectivity index (χ1n) is 8.81. The lowest BCUT2D eigenvalue weighted by Gasteiger charge is -2.13. The van der Waals surface area contributed by atoms with Gasteiger partial charge in [-0.15, -0.1) is 0 Å². The Labute approximate surface area is 166 Å². The van der Waals surface area contributed by atoms with Gasteiger partial charge in [-0.1, -0.05) is 0 Å². The predicted octanol–water partition coefficient (Wildman–Crippen LogP) is 3.56. The summed E-state index contributed by atoms with van der Waals surface area (Å²) in [5.41, 5.74) is 6.13. The van der Waals surface area contributed by atoms with Gasteiger partial charge in [0, 0.05) is 18.6 Å². The van der Waals surface area contributed by atoms with Crippen LogP contribution in [0.4, 0.5) is 10.2 Å². The normalized spacial score (nSPS) is 11.6. The molecule has 7 nitrogen and oxygen atoms in total. The number of ketones is 1. The van der Waals surface area contributed by atoms with Gasteiger partial charge in [0.05, 0.1) is 0 Å². The summed E-state index contributed by atoms with van der Waals surface area (Å²) in [7, 11) is 0. The fourth-order valence-electron chi connectivity index (χ4n) is 2.43. The van der Waals surface area contributed by atoms with Crippen LogP contribution in [0.1, 0.15) is 24.3 Å². The van der Waals surface area contributed by atoms with Gasteiger partial charge < -0.3 is 15.8 Å². The molecule has 0 unspecified atom stereocenters. The maximum atomic E-state index is 13.0. The predicted molar refractivity (Wildman–Crippen MR) is 106 cm³/mol. The van der Waals surface area contributed by atoms with Gasteiger partial charge >= 0.3 is 0 Å². The zero-order valence-electron chi connectivity index (χ0n) is 15.8. The van der Waals surface area contributed by atoms with Crippen molar-refractivity contribution in [1.29, 1.82) is 0 Å². The van der Waals surface area contributed by atoms with E-state index in [9.17, 15) is 14.0 Å². The standard InChI is InChI=1S/C21H19FN4O3/c1-12(20(23)28)24-19-11-18(13(2)27)25-21(26-19)14-3-7-16(8-4-14)29-17-9-5-15(22)6-10-17/h3-12H,1-2H3,(H2,23,28)(H,24,25,26)/t12-/m1/s1. The Morgan fingerprint density at radius 2 is 1.62 bits per heavy atom. The molecule has 148 valence electrons. The largest absolute Gasteiger partial charge is 0.457 e. The van der Waals surface area contributed by atoms with E-state index in [-0.39, 0.29) is 17.3 Å². The molecule has 0 aliphatic heterocycles. The molecule has 3 rings (SSSR count). The van der Waals surface area contributed by atoms with Gasteiger partial charge in [0.15, 0.2) is 11.6 Å². The van der Waals surface area contributed by atoms with Crippen molar-refractivity contribution in [3.63, 3.8) is 0 Å². The number of Topliss-reactive ketones (excluding diaryl/α,β-unsaturated/α-hetero) is 1. The first-order chi connectivity index (χ1) is 13.8. The van der Waals surface area contributed by atoms with E-state index in [2.05, 4.69) is 15.3 Å². The number of aromatic nitrogens is 2. The SMILES string of the molecule is CC(=O)c1cc(N[C@H](C)C(N)=O)nc(-c2ccc(Oc3ccc(F)cc3)cc2)n1. The highest BCUT2D eigenvalue weighted by atomic mass is 19.1. The summed E-state index contributed by atoms with van der Waals surface area (Å²) in [6.07, 6.45) is 0. The minimum atomic E-state index is -0.663. The molecule has 0 bridgehead atoms. The van der Waals surface area contributed by atoms with E-state index in [0.29, 0.717) is 28.7 Å². The second-order valence-electron chi connectivity index (χ2n) is 6.37. The van der Waals surface area contributed by atoms with E-state index in [4.69, 9.17) is 10.5 Å². The molecule has 2 aromatic carbocycles. The van der Waals surface area contributed by atoms with Gasteiger partial charge in [-0.3, -0.25) is 9.59 Å². The number of primary amides is 1. The maximum Gasteiger partial charge on any atom is 0.239 e. The summed E-state index contributed by atoms with van der Waals surface area (Å²) >= 11 is 0. The van der Waals surface area contributed by atoms with Crippen molar-refractivity contribution >= 4 is 17.5 Å². The highest BCUT2D eigenvalue weighted by molar-refractivity contribution is 5.93. The number of nitrogens with one attached hydrogen (secondary N) is 1. The summed E-state index contributed by atoms with van der Waals surface area (Å²) in [4.78, 5) is 31.8. The van der Waals surface area contributed by atoms with Crippen molar-refractivity contribution in [3.8, 4) is 22.9 Å². The Balaban J connectivity index is 1.86. The molecular formula is C21H19FN4O3. The van der Waals surface area contributed by atoms with Crippen LogP contribution in [0.15, 0.2) is 54.6 Å². The Morgan fingerprint density at radius 1 is 1.03 bits per heavy atom. The minimum Gasteiger partial charge on any atom is -0.457 e. The molecule has 29 heavy (non-hydrogen) atoms. The van der Waals surface area contributed by atoms with E-state index in [1.165, 1.54) is 37.3 Å². The minimum absolute atomic E-state index is 0.209. The van der Waals surface area contributed by atoms with E-state index >= 15 is 0 Å². The Hall–Kier alpha value is -3.81. The van der Waals surface area contributed by atoms with Crippen molar-refractivity contribution in [2.24, 2.45) is 5.73 Å². The van der Waals surface area contributed by atoms with E-state index in [1.807, 2.05) is 0 Å². The highest BCUT2D eigenvalue weighted by Crippen LogP contribution is 2.25. The third-order valence-corrected chi connectivity index (χ3v) is 4.04. The fraction of sp³-hybridized carbons (Fsp3) is 0.143. The fourth-order valence-corrected chi connectivity index (χ4v) is 2.43. The van der Waals surface area contributed by atoms with Crippen LogP contribution in [0.2, 0.25) is 0 Å². The Morgan fingerprint density at radius 3 is 2.17 bits per heavy atom. The number of carbonyl (C=O) groups excluding carboxylic acids is 2. The second kappa shape index (κ2) is 8.47. The molecule has 0 saturated carbocycles. The summed E-state index contributed by atoms with van der Waals surface area (Å²) in [6.45, 7) is 2.99. The second-order valence-corrected chi connectivity index (χ2v) is 6.37. The molecule has 3 aromatic rings. The van der Waals surface area contributed by atoms with Crippen LogP contribution >= 0.6 is 0 Å². The monoisotopic (exact) mass is 394 g/mol. The van der Waals surface area contributed by atoms with Crippen molar-refractivity contribution in [3.05, 3.63) is 66.1 Å². The third kappa shape index (κ3) is 5.13. The maximum absolute atomic E-state index is 13.0. The molecule has 0 spiro atoms. The number of rotatable bonds is 7. The van der Waals surface area contributed by atoms with Crippen molar-refractivity contribution in [2.75, 3.05) is 5.32 Å². The topological polar surface area (TPSA) is 107 Å². The molecule has 3 N–H and O–H groups in total. The van der Waals surface area contributed by atoms with Gasteiger partial charge in [0.25, 0.3) is 0 Å². The number of nitrogens with two attached hydrogens (primary N) is 1. The van der Waals surface area contributed by atoms with Gasteiger partial charge in [-0.25, -0.2) is 14.4 Å². The number of nitrogens with zero attached hydrogens (tertiary/aromatic N) is 2. The smallest absolute Gasteiger partial charge is 0.239 e. The van der Waals surface area contributed by atoms with Gasteiger partial charge in [0.1, 0.15) is 34.9 Å². The lowest BCUT2D eigenvalue weighted by molar-refractivity contribution is -0.118. The Bertz CT molecular complexity index is 1040. The van der Waals surface area contributed by atoms with Crippen molar-refractivity contribution in [1.82, 2.24) is 9.97 Å². The van der Waals surface area contributed by atoms with Crippen molar-refractivity contribution < 1.29 is 18.7 Å². The Kier molecular flexibility index (Phi) is 5.82. The zero-order valence-corrected chi connectivity index (χ0v) is 15.8. The van der Waals surface area contributed by atoms with Gasteiger partial charge in [-0.2, -0.15) is 0 Å². The van der Waals surface area contributed by atoms with Crippen LogP contribution < -0.4 is 15.8 Å². The van der Waals surface area contributed by atoms with Crippen LogP contribution in [-0.4, -0.2) is 27.7 Å². The molecule has 8 heteroatoms. The first kappa shape index (κ1) is 19.9. The number of halogens is 1. The van der Waals surface area contributed by atoms with E-state index in [1.54, 1.807) is 31.2 Å². The number of benzene rings is 2. The van der Waals surface area contributed by atoms with E-state index < -0.39 is 11.9 Å². The lowest BCUT2D eigenvalue weighted by atomic mass is 10.2. The summed E-state index contributed by atoms with van der Waals surface area (Å²) in [5.74, 6) is 0.551. The molecule has 1 amide bonds. The van der Waals surface area contributed by atoms with Gasteiger partial charge in [-0.05, 0) is 55.5 Å². The number of amides is 1. The molecule has 0 saturated heterocycles. The van der Waals surface area contributed by atoms with Crippen LogP contribution in [0.3, 0.4) is 0 Å². The van der Waals surface area contributed by atoms with Crippen LogP contribution in [0.25, 0.3) is 11.4 Å². The molecule has 0 radical (unpaired) electrons. The summed E-state index contributed by atoms with van der Waals surface area (Å²) in [5, 5.41) is 2.86. The van der Waals surface area contributed by atoms with E-state index in [0.717, 1.165) is 0 Å².